The van der Waals surface area contributed by atoms with Gasteiger partial charge >= 0.3 is 12.1 Å². The first kappa shape index (κ1) is 17.6. The Kier molecular flexibility index (Phi) is 5.16. The maximum Gasteiger partial charge on any atom is 0.410 e. The molecule has 1 N–H and O–H groups in total. The maximum atomic E-state index is 12.1. The molecule has 0 radical (unpaired) electrons. The molecule has 0 aromatic rings. The highest BCUT2D eigenvalue weighted by Gasteiger charge is 2.38. The van der Waals surface area contributed by atoms with E-state index in [1.165, 1.54) is 0 Å². The summed E-state index contributed by atoms with van der Waals surface area (Å²) in [5.74, 6) is -1.61. The maximum absolute atomic E-state index is 12.1. The third-order valence-electron chi connectivity index (χ3n) is 4.30. The van der Waals surface area contributed by atoms with Gasteiger partial charge in [-0.1, -0.05) is 0 Å². The van der Waals surface area contributed by atoms with E-state index < -0.39 is 17.5 Å². The van der Waals surface area contributed by atoms with Crippen LogP contribution in [0.15, 0.2) is 0 Å². The van der Waals surface area contributed by atoms with Crippen LogP contribution in [0.3, 0.4) is 0 Å². The molecule has 2 aliphatic rings. The summed E-state index contributed by atoms with van der Waals surface area (Å²) >= 11 is 0. The molecular formula is C16H26N2O5. The molecular weight excluding hydrogens is 300 g/mol. The second-order valence-corrected chi connectivity index (χ2v) is 7.34. The highest BCUT2D eigenvalue weighted by atomic mass is 16.6. The molecule has 7 heteroatoms. The molecule has 0 aromatic heterocycles. The Morgan fingerprint density at radius 2 is 1.91 bits per heavy atom. The van der Waals surface area contributed by atoms with Gasteiger partial charge in [0.1, 0.15) is 5.60 Å². The zero-order valence-corrected chi connectivity index (χ0v) is 14.1. The van der Waals surface area contributed by atoms with Gasteiger partial charge in [0.2, 0.25) is 5.91 Å². The number of hydrogen-bond donors (Lipinski definition) is 1. The Balaban J connectivity index is 1.92. The van der Waals surface area contributed by atoms with Crippen molar-refractivity contribution in [2.24, 2.45) is 5.92 Å². The summed E-state index contributed by atoms with van der Waals surface area (Å²) in [6.07, 6.45) is 2.00. The van der Waals surface area contributed by atoms with Gasteiger partial charge in [0, 0.05) is 32.1 Å². The van der Waals surface area contributed by atoms with Crippen molar-refractivity contribution < 1.29 is 24.2 Å². The lowest BCUT2D eigenvalue weighted by molar-refractivity contribution is -0.141. The summed E-state index contributed by atoms with van der Waals surface area (Å²) in [6, 6.07) is 0.0132. The monoisotopic (exact) mass is 326 g/mol. The van der Waals surface area contributed by atoms with Gasteiger partial charge in [-0.25, -0.2) is 4.79 Å². The molecule has 0 spiro atoms. The van der Waals surface area contributed by atoms with Crippen molar-refractivity contribution in [3.05, 3.63) is 0 Å². The molecule has 0 aliphatic carbocycles. The predicted octanol–water partition coefficient (Wildman–Crippen LogP) is 1.71. The Hall–Kier alpha value is -1.79. The number of aliphatic carboxylic acids is 1. The molecule has 0 aromatic carbocycles. The molecule has 2 unspecified atom stereocenters. The number of carbonyl (C=O) groups is 3. The van der Waals surface area contributed by atoms with Crippen LogP contribution >= 0.6 is 0 Å². The van der Waals surface area contributed by atoms with E-state index in [1.807, 2.05) is 20.8 Å². The molecule has 2 rings (SSSR count). The van der Waals surface area contributed by atoms with Gasteiger partial charge in [-0.3, -0.25) is 9.59 Å². The van der Waals surface area contributed by atoms with Crippen molar-refractivity contribution in [2.75, 3.05) is 19.6 Å². The van der Waals surface area contributed by atoms with E-state index in [4.69, 9.17) is 9.84 Å². The van der Waals surface area contributed by atoms with Crippen molar-refractivity contribution in [1.82, 2.24) is 9.80 Å². The molecule has 0 saturated carbocycles. The summed E-state index contributed by atoms with van der Waals surface area (Å²) in [7, 11) is 0. The molecule has 2 atom stereocenters. The van der Waals surface area contributed by atoms with E-state index in [2.05, 4.69) is 0 Å². The SMILES string of the molecule is CC(C)(C)OC(=O)N1CCCC(N2CC(C(=O)O)CC2=O)CC1. The lowest BCUT2D eigenvalue weighted by Gasteiger charge is -2.28. The molecule has 7 nitrogen and oxygen atoms in total. The number of nitrogens with zero attached hydrogens (tertiary/aromatic N) is 2. The van der Waals surface area contributed by atoms with Crippen LogP contribution < -0.4 is 0 Å². The number of rotatable bonds is 2. The van der Waals surface area contributed by atoms with Gasteiger partial charge < -0.3 is 19.6 Å². The standard InChI is InChI=1S/C16H26N2O5/c1-16(2,3)23-15(22)17-7-4-5-12(6-8-17)18-10-11(14(20)21)9-13(18)19/h11-12H,4-10H2,1-3H3,(H,20,21). The molecule has 23 heavy (non-hydrogen) atoms. The highest BCUT2D eigenvalue weighted by Crippen LogP contribution is 2.26. The first-order chi connectivity index (χ1) is 10.7. The normalized spacial score (nSPS) is 26.1. The second-order valence-electron chi connectivity index (χ2n) is 7.34. The molecule has 2 amide bonds. The smallest absolute Gasteiger partial charge is 0.410 e. The average Bonchev–Trinajstić information content (AvgIpc) is 2.67. The number of hydrogen-bond acceptors (Lipinski definition) is 4. The van der Waals surface area contributed by atoms with E-state index in [0.717, 1.165) is 12.8 Å². The lowest BCUT2D eigenvalue weighted by atomic mass is 10.1. The van der Waals surface area contributed by atoms with Crippen LogP contribution in [0.1, 0.15) is 46.5 Å². The van der Waals surface area contributed by atoms with Gasteiger partial charge in [0.05, 0.1) is 5.92 Å². The van der Waals surface area contributed by atoms with E-state index in [0.29, 0.717) is 19.5 Å². The minimum absolute atomic E-state index is 0.0132. The van der Waals surface area contributed by atoms with Gasteiger partial charge in [-0.2, -0.15) is 0 Å². The van der Waals surface area contributed by atoms with Crippen LogP contribution in [0, 0.1) is 5.92 Å². The number of carbonyl (C=O) groups excluding carboxylic acids is 2. The van der Waals surface area contributed by atoms with Gasteiger partial charge in [0.25, 0.3) is 0 Å². The van der Waals surface area contributed by atoms with Crippen LogP contribution in [0.4, 0.5) is 4.79 Å². The second kappa shape index (κ2) is 6.76. The summed E-state index contributed by atoms with van der Waals surface area (Å²) in [6.45, 7) is 6.92. The highest BCUT2D eigenvalue weighted by molar-refractivity contribution is 5.86. The van der Waals surface area contributed by atoms with Crippen molar-refractivity contribution in [3.63, 3.8) is 0 Å². The number of carboxylic acids is 1. The first-order valence-corrected chi connectivity index (χ1v) is 8.17. The van der Waals surface area contributed by atoms with Crippen LogP contribution in [0.2, 0.25) is 0 Å². The molecule has 0 bridgehead atoms. The number of likely N-dealkylation sites (tertiary alicyclic amines) is 2. The quantitative estimate of drug-likeness (QED) is 0.834. The van der Waals surface area contributed by atoms with Crippen molar-refractivity contribution >= 4 is 18.0 Å². The predicted molar refractivity (Wildman–Crippen MR) is 82.9 cm³/mol. The summed E-state index contributed by atoms with van der Waals surface area (Å²) in [4.78, 5) is 38.6. The topological polar surface area (TPSA) is 87.2 Å². The zero-order chi connectivity index (χ0) is 17.2. The van der Waals surface area contributed by atoms with Gasteiger partial charge in [-0.05, 0) is 40.0 Å². The first-order valence-electron chi connectivity index (χ1n) is 8.17. The van der Waals surface area contributed by atoms with Crippen molar-refractivity contribution in [3.8, 4) is 0 Å². The third-order valence-corrected chi connectivity index (χ3v) is 4.30. The molecule has 2 saturated heterocycles. The molecule has 130 valence electrons. The van der Waals surface area contributed by atoms with Gasteiger partial charge in [0.15, 0.2) is 0 Å². The Morgan fingerprint density at radius 3 is 2.48 bits per heavy atom. The number of amides is 2. The largest absolute Gasteiger partial charge is 0.481 e. The van der Waals surface area contributed by atoms with Gasteiger partial charge in [-0.15, -0.1) is 0 Å². The fourth-order valence-electron chi connectivity index (χ4n) is 3.15. The Labute approximate surface area is 136 Å². The fraction of sp³-hybridized carbons (Fsp3) is 0.812. The van der Waals surface area contributed by atoms with E-state index in [9.17, 15) is 14.4 Å². The zero-order valence-electron chi connectivity index (χ0n) is 14.1. The van der Waals surface area contributed by atoms with Crippen LogP contribution in [0.25, 0.3) is 0 Å². The fourth-order valence-corrected chi connectivity index (χ4v) is 3.15. The third kappa shape index (κ3) is 4.59. The Morgan fingerprint density at radius 1 is 1.22 bits per heavy atom. The number of ether oxygens (including phenoxy) is 1. The summed E-state index contributed by atoms with van der Waals surface area (Å²) in [5.41, 5.74) is -0.525. The minimum Gasteiger partial charge on any atom is -0.481 e. The van der Waals surface area contributed by atoms with Crippen LogP contribution in [0.5, 0.6) is 0 Å². The van der Waals surface area contributed by atoms with Crippen molar-refractivity contribution in [1.29, 1.82) is 0 Å². The Bertz CT molecular complexity index is 485. The van der Waals surface area contributed by atoms with Crippen molar-refractivity contribution in [2.45, 2.75) is 58.1 Å². The molecule has 2 heterocycles. The lowest BCUT2D eigenvalue weighted by Crippen LogP contribution is -2.39. The van der Waals surface area contributed by atoms with E-state index in [-0.39, 0.29) is 31.0 Å². The van der Waals surface area contributed by atoms with Crippen LogP contribution in [-0.2, 0) is 14.3 Å². The van der Waals surface area contributed by atoms with Crippen LogP contribution in [-0.4, -0.2) is 64.2 Å². The summed E-state index contributed by atoms with van der Waals surface area (Å²) < 4.78 is 5.39. The minimum atomic E-state index is -0.912. The summed E-state index contributed by atoms with van der Waals surface area (Å²) in [5, 5.41) is 9.08. The van der Waals surface area contributed by atoms with E-state index >= 15 is 0 Å². The molecule has 2 aliphatic heterocycles. The molecule has 2 fully saturated rings. The van der Waals surface area contributed by atoms with E-state index in [1.54, 1.807) is 9.80 Å². The number of carboxylic acid groups (broad SMARTS) is 1. The average molecular weight is 326 g/mol.